The van der Waals surface area contributed by atoms with Gasteiger partial charge in [-0.25, -0.2) is 0 Å². The molecule has 5 saturated heterocycles. The fraction of sp³-hybridized carbons (Fsp3) is 0.940. The average molecular weight is 1000 g/mol. The van der Waals surface area contributed by atoms with Crippen molar-refractivity contribution in [3.05, 3.63) is 10.4 Å². The summed E-state index contributed by atoms with van der Waals surface area (Å²) in [4.78, 5) is 40.8. The standard InChI is InChI=1S/C50H85N3O17/c1-16-34-23(5)25(7)42(60-31(13)54)48(63-34)59-22-38-39(57)44(70-49-43(61-32(14)55)26(8)24(6)35(17-2)64-49)45(62-33(15)56)50(67-38)69-41-28(10)30(12)47(66-37(41)19-4)68-40-27(9)29(11)46(65-36(40)18-3)58-21-20-52-53-51/h23-30,34-50,57H,16-22H2,1-15H3/t23-,24-,25+,26?,27+,28-,29?,30?,34?,35-,36?,37?,38?,39+,40-,41-,42?,43?,44-,45?,46+,47-,48-,49+,50-/m0/s1. The zero-order chi connectivity index (χ0) is 51.7. The van der Waals surface area contributed by atoms with Crippen molar-refractivity contribution in [3.8, 4) is 0 Å². The van der Waals surface area contributed by atoms with Crippen molar-refractivity contribution in [2.45, 2.75) is 234 Å². The first-order chi connectivity index (χ1) is 33.2. The van der Waals surface area contributed by atoms with Crippen LogP contribution in [0.5, 0.6) is 0 Å². The molecule has 20 nitrogen and oxygen atoms in total. The van der Waals surface area contributed by atoms with Crippen LogP contribution in [-0.4, -0.2) is 147 Å². The number of carbonyl (C=O) groups excluding carboxylic acids is 3. The minimum atomic E-state index is -1.53. The molecule has 0 aromatic heterocycles. The highest BCUT2D eigenvalue weighted by molar-refractivity contribution is 5.67. The number of hydrogen-bond acceptors (Lipinski definition) is 18. The number of aliphatic hydroxyl groups excluding tert-OH is 1. The minimum absolute atomic E-state index is 0.0148. The number of rotatable bonds is 20. The third-order valence-electron chi connectivity index (χ3n) is 15.9. The van der Waals surface area contributed by atoms with E-state index in [-0.39, 0.29) is 91.5 Å². The van der Waals surface area contributed by atoms with Crippen molar-refractivity contribution < 1.29 is 81.1 Å². The third-order valence-corrected chi connectivity index (χ3v) is 15.9. The lowest BCUT2D eigenvalue weighted by Gasteiger charge is -2.51. The fourth-order valence-corrected chi connectivity index (χ4v) is 10.9. The normalized spacial score (nSPS) is 44.4. The second kappa shape index (κ2) is 26.5. The predicted octanol–water partition coefficient (Wildman–Crippen LogP) is 6.99. The first-order valence-corrected chi connectivity index (χ1v) is 25.9. The van der Waals surface area contributed by atoms with Crippen LogP contribution in [0, 0.1) is 47.3 Å². The molecule has 5 aliphatic rings. The Morgan fingerprint density at radius 3 is 1.36 bits per heavy atom. The largest absolute Gasteiger partial charge is 0.457 e. The Labute approximate surface area is 414 Å². The number of carbonyl (C=O) groups is 3. The van der Waals surface area contributed by atoms with Crippen LogP contribution in [0.3, 0.4) is 0 Å². The molecule has 5 fully saturated rings. The number of aliphatic hydroxyl groups is 1. The van der Waals surface area contributed by atoms with Gasteiger partial charge < -0.3 is 66.7 Å². The molecule has 0 bridgehead atoms. The molecule has 402 valence electrons. The van der Waals surface area contributed by atoms with E-state index < -0.39 is 98.2 Å². The fourth-order valence-electron chi connectivity index (χ4n) is 10.9. The summed E-state index contributed by atoms with van der Waals surface area (Å²) in [6.45, 7) is 28.3. The van der Waals surface area contributed by atoms with Gasteiger partial charge in [-0.05, 0) is 54.9 Å². The SMILES string of the molecule is CCC1O[C@H](OCC2O[C@@H](O[C@@H]3C(CC)O[C@@H](O[C@@H]4C(CC)O[C@@H](OCCN=[N+]=[N-])C(C)[C@H]4C)C(C)[C@@H]3C)C(OC(C)=O)[C@@H](O[C@H]3O[C@@H](CC)[C@@H](C)C(C)C3OC(C)=O)[C@@H]2O)C(OC(C)=O)[C@H](C)[C@@H]1C. The monoisotopic (exact) mass is 1000 g/mol. The first-order valence-electron chi connectivity index (χ1n) is 25.9. The molecule has 10 unspecified atom stereocenters. The molecule has 0 saturated carbocycles. The van der Waals surface area contributed by atoms with E-state index in [9.17, 15) is 19.5 Å². The summed E-state index contributed by atoms with van der Waals surface area (Å²) in [5, 5.41) is 16.0. The van der Waals surface area contributed by atoms with E-state index in [4.69, 9.17) is 67.1 Å². The molecule has 0 spiro atoms. The van der Waals surface area contributed by atoms with Gasteiger partial charge in [-0.3, -0.25) is 14.4 Å². The highest BCUT2D eigenvalue weighted by Crippen LogP contribution is 2.43. The number of azide groups is 1. The van der Waals surface area contributed by atoms with Crippen LogP contribution < -0.4 is 0 Å². The molecule has 5 rings (SSSR count). The molecule has 0 radical (unpaired) electrons. The highest BCUT2D eigenvalue weighted by Gasteiger charge is 2.56. The van der Waals surface area contributed by atoms with Gasteiger partial charge in [0.25, 0.3) is 0 Å². The van der Waals surface area contributed by atoms with Crippen molar-refractivity contribution in [2.24, 2.45) is 52.5 Å². The maximum Gasteiger partial charge on any atom is 0.303 e. The van der Waals surface area contributed by atoms with E-state index in [0.29, 0.717) is 25.7 Å². The number of hydrogen-bond donors (Lipinski definition) is 1. The summed E-state index contributed by atoms with van der Waals surface area (Å²) in [5.74, 6) is -2.51. The molecule has 0 amide bonds. The van der Waals surface area contributed by atoms with Crippen molar-refractivity contribution >= 4 is 17.9 Å². The molecular weight excluding hydrogens is 915 g/mol. The lowest BCUT2D eigenvalue weighted by molar-refractivity contribution is -0.379. The molecular formula is C50H85N3O17. The molecule has 25 atom stereocenters. The number of ether oxygens (including phenoxy) is 13. The molecule has 0 aromatic rings. The van der Waals surface area contributed by atoms with Gasteiger partial charge in [0.2, 0.25) is 0 Å². The van der Waals surface area contributed by atoms with Gasteiger partial charge in [-0.1, -0.05) is 88.2 Å². The lowest BCUT2D eigenvalue weighted by Crippen LogP contribution is -2.65. The van der Waals surface area contributed by atoms with E-state index in [1.165, 1.54) is 20.8 Å². The van der Waals surface area contributed by atoms with E-state index in [2.05, 4.69) is 23.9 Å². The average Bonchev–Trinajstić information content (AvgIpc) is 3.32. The summed E-state index contributed by atoms with van der Waals surface area (Å²) in [7, 11) is 0. The van der Waals surface area contributed by atoms with Gasteiger partial charge >= 0.3 is 17.9 Å². The van der Waals surface area contributed by atoms with Crippen LogP contribution in [0.25, 0.3) is 10.4 Å². The van der Waals surface area contributed by atoms with Gasteiger partial charge in [-0.15, -0.1) is 0 Å². The van der Waals surface area contributed by atoms with E-state index >= 15 is 0 Å². The maximum atomic E-state index is 13.1. The molecule has 1 N–H and O–H groups in total. The summed E-state index contributed by atoms with van der Waals surface area (Å²) in [6, 6.07) is 0. The summed E-state index contributed by atoms with van der Waals surface area (Å²) in [6.07, 6.45) is -11.6. The Balaban J connectivity index is 1.45. The van der Waals surface area contributed by atoms with Crippen LogP contribution >= 0.6 is 0 Å². The maximum absolute atomic E-state index is 13.1. The molecule has 5 aliphatic heterocycles. The highest BCUT2D eigenvalue weighted by atomic mass is 16.8. The van der Waals surface area contributed by atoms with E-state index in [1.807, 2.05) is 69.2 Å². The van der Waals surface area contributed by atoms with Crippen LogP contribution in [-0.2, 0) is 76.0 Å². The Hall–Kier alpha value is -2.72. The number of esters is 3. The van der Waals surface area contributed by atoms with Crippen molar-refractivity contribution in [1.82, 2.24) is 0 Å². The van der Waals surface area contributed by atoms with E-state index in [0.717, 1.165) is 0 Å². The Morgan fingerprint density at radius 1 is 0.471 bits per heavy atom. The topological polar surface area (TPSA) is 240 Å². The lowest BCUT2D eigenvalue weighted by atomic mass is 9.82. The Morgan fingerprint density at radius 2 is 0.857 bits per heavy atom. The smallest absolute Gasteiger partial charge is 0.303 e. The molecule has 5 heterocycles. The quantitative estimate of drug-likeness (QED) is 0.0323. The molecule has 20 heteroatoms. The van der Waals surface area contributed by atoms with Gasteiger partial charge in [0.05, 0.1) is 49.8 Å². The molecule has 0 aliphatic carbocycles. The zero-order valence-electron chi connectivity index (χ0n) is 44.2. The van der Waals surface area contributed by atoms with Gasteiger partial charge in [-0.2, -0.15) is 0 Å². The van der Waals surface area contributed by atoms with Crippen molar-refractivity contribution in [1.29, 1.82) is 0 Å². The Bertz CT molecular complexity index is 1720. The van der Waals surface area contributed by atoms with E-state index in [1.54, 1.807) is 0 Å². The van der Waals surface area contributed by atoms with Crippen LogP contribution in [0.2, 0.25) is 0 Å². The third kappa shape index (κ3) is 13.7. The minimum Gasteiger partial charge on any atom is -0.457 e. The van der Waals surface area contributed by atoms with Gasteiger partial charge in [0, 0.05) is 55.9 Å². The summed E-state index contributed by atoms with van der Waals surface area (Å²) >= 11 is 0. The predicted molar refractivity (Wildman–Crippen MR) is 251 cm³/mol. The summed E-state index contributed by atoms with van der Waals surface area (Å²) < 4.78 is 83.6. The Kier molecular flexibility index (Phi) is 22.0. The van der Waals surface area contributed by atoms with Crippen LogP contribution in [0.1, 0.15) is 130 Å². The molecule has 0 aromatic carbocycles. The number of nitrogens with zero attached hydrogens (tertiary/aromatic N) is 3. The van der Waals surface area contributed by atoms with Crippen molar-refractivity contribution in [2.75, 3.05) is 19.8 Å². The molecule has 70 heavy (non-hydrogen) atoms. The first kappa shape index (κ1) is 58.2. The second-order valence-corrected chi connectivity index (χ2v) is 20.4. The van der Waals surface area contributed by atoms with Crippen LogP contribution in [0.4, 0.5) is 0 Å². The van der Waals surface area contributed by atoms with Gasteiger partial charge in [0.15, 0.2) is 49.8 Å². The summed E-state index contributed by atoms with van der Waals surface area (Å²) in [5.41, 5.74) is 8.71. The van der Waals surface area contributed by atoms with Gasteiger partial charge in [0.1, 0.15) is 18.3 Å². The van der Waals surface area contributed by atoms with Crippen molar-refractivity contribution in [3.63, 3.8) is 0 Å². The zero-order valence-corrected chi connectivity index (χ0v) is 44.2. The van der Waals surface area contributed by atoms with Crippen LogP contribution in [0.15, 0.2) is 5.11 Å². The second-order valence-electron chi connectivity index (χ2n) is 20.4.